The number of hydrogen-bond donors (Lipinski definition) is 6. The van der Waals surface area contributed by atoms with E-state index in [4.69, 9.17) is 10.5 Å². The molecule has 11 nitrogen and oxygen atoms in total. The number of nitrogens with one attached hydrogen (secondary N) is 1. The topological polar surface area (TPSA) is 196 Å². The number of aliphatic hydroxyl groups is 3. The molecule has 0 saturated heterocycles. The van der Waals surface area contributed by atoms with Gasteiger partial charge in [0.25, 0.3) is 5.91 Å². The van der Waals surface area contributed by atoms with E-state index in [2.05, 4.69) is 5.32 Å². The number of hydrogen-bond acceptors (Lipinski definition) is 9. The summed E-state index contributed by atoms with van der Waals surface area (Å²) in [4.78, 5) is 50.3. The minimum Gasteiger partial charge on any atom is -0.508 e. The number of ketones is 2. The number of benzene rings is 1. The van der Waals surface area contributed by atoms with Crippen LogP contribution in [0.25, 0.3) is 5.76 Å². The Kier molecular flexibility index (Phi) is 7.25. The maximum Gasteiger partial charge on any atom is 0.407 e. The van der Waals surface area contributed by atoms with Gasteiger partial charge in [0.05, 0.1) is 12.2 Å². The van der Waals surface area contributed by atoms with Crippen LogP contribution in [-0.4, -0.2) is 56.2 Å². The third-order valence-corrected chi connectivity index (χ3v) is 7.86. The van der Waals surface area contributed by atoms with E-state index >= 15 is 0 Å². The number of nitrogens with two attached hydrogens (primary N) is 1. The third-order valence-electron chi connectivity index (χ3n) is 7.86. The second kappa shape index (κ2) is 9.96. The number of alkyl carbamates (subject to hydrolysis) is 1. The van der Waals surface area contributed by atoms with E-state index in [9.17, 15) is 39.6 Å². The highest BCUT2D eigenvalue weighted by atomic mass is 16.5. The molecule has 0 bridgehead atoms. The first-order valence-electron chi connectivity index (χ1n) is 13.2. The summed E-state index contributed by atoms with van der Waals surface area (Å²) in [7, 11) is 0. The first-order valence-corrected chi connectivity index (χ1v) is 13.2. The summed E-state index contributed by atoms with van der Waals surface area (Å²) in [5, 5.41) is 47.4. The standard InChI is InChI=1S/C29H36N2O9/c1-12(2)16-8-14(10-31-27(38)40-11-28(3,4)5)22(33)20-17(16)7-13-6-15-9-18(32)21(26(30)37)25(36)29(15,39)24(35)19(13)23(20)34/h8,12-13,15,33-34,36,39H,6-7,9-11H2,1-5H3,(H2,30,37)(H,31,38)/t13-,15+,29+/m1/s1. The normalized spacial score (nSPS) is 24.5. The average molecular weight is 557 g/mol. The summed E-state index contributed by atoms with van der Waals surface area (Å²) in [6, 6.07) is 1.74. The molecule has 0 aliphatic heterocycles. The lowest BCUT2D eigenvalue weighted by atomic mass is 9.59. The molecule has 11 heteroatoms. The van der Waals surface area contributed by atoms with Crippen LogP contribution in [-0.2, 0) is 32.1 Å². The van der Waals surface area contributed by atoms with E-state index in [-0.39, 0.29) is 66.2 Å². The van der Waals surface area contributed by atoms with Gasteiger partial charge in [-0.05, 0) is 47.3 Å². The van der Waals surface area contributed by atoms with Crippen LogP contribution in [0.2, 0.25) is 0 Å². The minimum atomic E-state index is -2.62. The fraction of sp³-hybridized carbons (Fsp3) is 0.517. The average Bonchev–Trinajstić information content (AvgIpc) is 2.83. The Labute approximate surface area is 231 Å². The molecule has 0 heterocycles. The van der Waals surface area contributed by atoms with Gasteiger partial charge in [-0.3, -0.25) is 14.4 Å². The van der Waals surface area contributed by atoms with Crippen LogP contribution in [0.1, 0.15) is 75.6 Å². The van der Waals surface area contributed by atoms with Crippen molar-refractivity contribution < 1.29 is 44.3 Å². The molecular formula is C29H36N2O9. The predicted octanol–water partition coefficient (Wildman–Crippen LogP) is 2.82. The summed E-state index contributed by atoms with van der Waals surface area (Å²) in [6.07, 6.45) is -0.780. The van der Waals surface area contributed by atoms with Gasteiger partial charge in [-0.25, -0.2) is 4.79 Å². The number of rotatable bonds is 5. The van der Waals surface area contributed by atoms with Crippen molar-refractivity contribution in [1.82, 2.24) is 5.32 Å². The summed E-state index contributed by atoms with van der Waals surface area (Å²) in [6.45, 7) is 9.64. The maximum atomic E-state index is 13.7. The highest BCUT2D eigenvalue weighted by Crippen LogP contribution is 2.53. The number of Topliss-reactive ketones (excluding diaryl/α,β-unsaturated/α-hetero) is 2. The van der Waals surface area contributed by atoms with Crippen molar-refractivity contribution in [3.8, 4) is 5.75 Å². The number of phenols is 1. The van der Waals surface area contributed by atoms with Crippen LogP contribution in [0, 0.1) is 17.3 Å². The number of phenolic OH excluding ortho intramolecular Hbond substituents is 1. The van der Waals surface area contributed by atoms with Crippen LogP contribution in [0.5, 0.6) is 5.75 Å². The van der Waals surface area contributed by atoms with E-state index in [1.807, 2.05) is 34.6 Å². The van der Waals surface area contributed by atoms with Gasteiger partial charge < -0.3 is 36.2 Å². The Morgan fingerprint density at radius 2 is 1.82 bits per heavy atom. The number of aliphatic hydroxyl groups excluding tert-OH is 2. The van der Waals surface area contributed by atoms with E-state index < -0.39 is 58.1 Å². The Hall–Kier alpha value is -3.86. The number of fused-ring (bicyclic) bond motifs is 3. The first kappa shape index (κ1) is 29.1. The third kappa shape index (κ3) is 4.72. The summed E-state index contributed by atoms with van der Waals surface area (Å²) >= 11 is 0. The lowest BCUT2D eigenvalue weighted by Crippen LogP contribution is -2.58. The number of ether oxygens (including phenoxy) is 1. The summed E-state index contributed by atoms with van der Waals surface area (Å²) in [5.74, 6) is -6.83. The first-order chi connectivity index (χ1) is 18.5. The minimum absolute atomic E-state index is 0.00168. The Balaban J connectivity index is 1.78. The summed E-state index contributed by atoms with van der Waals surface area (Å²) < 4.78 is 5.22. The van der Waals surface area contributed by atoms with Crippen LogP contribution >= 0.6 is 0 Å². The van der Waals surface area contributed by atoms with Crippen molar-refractivity contribution >= 4 is 29.3 Å². The number of amides is 2. The van der Waals surface area contributed by atoms with Gasteiger partial charge in [0.15, 0.2) is 11.4 Å². The zero-order valence-corrected chi connectivity index (χ0v) is 23.3. The van der Waals surface area contributed by atoms with Gasteiger partial charge in [-0.1, -0.05) is 34.6 Å². The van der Waals surface area contributed by atoms with Crippen molar-refractivity contribution in [1.29, 1.82) is 0 Å². The molecule has 7 N–H and O–H groups in total. The second-order valence-electron chi connectivity index (χ2n) is 12.4. The lowest BCUT2D eigenvalue weighted by molar-refractivity contribution is -0.147. The molecule has 2 amide bonds. The molecule has 3 aliphatic carbocycles. The molecule has 4 rings (SSSR count). The Morgan fingerprint density at radius 3 is 2.40 bits per heavy atom. The zero-order valence-electron chi connectivity index (χ0n) is 23.3. The number of carbonyl (C=O) groups is 4. The van der Waals surface area contributed by atoms with Gasteiger partial charge >= 0.3 is 6.09 Å². The van der Waals surface area contributed by atoms with Gasteiger partial charge in [-0.2, -0.15) is 0 Å². The van der Waals surface area contributed by atoms with Crippen molar-refractivity contribution in [2.45, 2.75) is 71.9 Å². The Bertz CT molecular complexity index is 1380. The predicted molar refractivity (Wildman–Crippen MR) is 143 cm³/mol. The molecule has 3 atom stereocenters. The van der Waals surface area contributed by atoms with Crippen molar-refractivity contribution in [2.75, 3.05) is 6.61 Å². The van der Waals surface area contributed by atoms with Gasteiger partial charge in [-0.15, -0.1) is 0 Å². The molecule has 0 radical (unpaired) electrons. The van der Waals surface area contributed by atoms with Gasteiger partial charge in [0.2, 0.25) is 5.78 Å². The fourth-order valence-corrected chi connectivity index (χ4v) is 5.93. The fourth-order valence-electron chi connectivity index (χ4n) is 5.93. The van der Waals surface area contributed by atoms with Crippen molar-refractivity contribution in [3.05, 3.63) is 45.2 Å². The molecule has 0 aromatic heterocycles. The second-order valence-corrected chi connectivity index (χ2v) is 12.4. The van der Waals surface area contributed by atoms with E-state index in [0.717, 1.165) is 5.56 Å². The van der Waals surface area contributed by atoms with E-state index in [0.29, 0.717) is 5.56 Å². The number of aromatic hydroxyl groups is 1. The summed E-state index contributed by atoms with van der Waals surface area (Å²) in [5.41, 5.74) is 2.99. The van der Waals surface area contributed by atoms with Crippen LogP contribution in [0.15, 0.2) is 23.0 Å². The quantitative estimate of drug-likeness (QED) is 0.295. The van der Waals surface area contributed by atoms with E-state index in [1.165, 1.54) is 0 Å². The molecule has 0 spiro atoms. The van der Waals surface area contributed by atoms with Gasteiger partial charge in [0, 0.05) is 30.0 Å². The molecule has 1 aromatic carbocycles. The maximum absolute atomic E-state index is 13.7. The number of carbonyl (C=O) groups excluding carboxylic acids is 4. The molecule has 1 saturated carbocycles. The molecule has 1 fully saturated rings. The van der Waals surface area contributed by atoms with Crippen LogP contribution in [0.3, 0.4) is 0 Å². The molecular weight excluding hydrogens is 520 g/mol. The molecule has 0 unspecified atom stereocenters. The SMILES string of the molecule is CC(C)c1cc(CNC(=O)OCC(C)(C)C)c(O)c2c1C[C@H]1C[C@H]3CC(=O)C(C(N)=O)=C(O)[C@@]3(O)C(=O)C1=C2O. The molecule has 216 valence electrons. The van der Waals surface area contributed by atoms with Crippen LogP contribution < -0.4 is 11.1 Å². The number of primary amides is 1. The molecule has 40 heavy (non-hydrogen) atoms. The molecule has 1 aromatic rings. The molecule has 3 aliphatic rings. The monoisotopic (exact) mass is 556 g/mol. The van der Waals surface area contributed by atoms with E-state index in [1.54, 1.807) is 6.07 Å². The largest absolute Gasteiger partial charge is 0.508 e. The smallest absolute Gasteiger partial charge is 0.407 e. The van der Waals surface area contributed by atoms with Crippen molar-refractivity contribution in [2.24, 2.45) is 23.0 Å². The van der Waals surface area contributed by atoms with Crippen LogP contribution in [0.4, 0.5) is 4.79 Å². The Morgan fingerprint density at radius 1 is 1.18 bits per heavy atom. The highest BCUT2D eigenvalue weighted by molar-refractivity contribution is 6.22. The lowest BCUT2D eigenvalue weighted by Gasteiger charge is -2.46. The van der Waals surface area contributed by atoms with Gasteiger partial charge in [0.1, 0.15) is 22.8 Å². The van der Waals surface area contributed by atoms with Crippen molar-refractivity contribution in [3.63, 3.8) is 0 Å². The highest BCUT2D eigenvalue weighted by Gasteiger charge is 2.60. The zero-order chi connectivity index (χ0) is 29.9.